The number of nitrogens with one attached hydrogen (secondary N) is 2. The molecule has 0 bridgehead atoms. The van der Waals surface area contributed by atoms with Gasteiger partial charge in [-0.2, -0.15) is 0 Å². The Morgan fingerprint density at radius 3 is 2.76 bits per heavy atom. The first kappa shape index (κ1) is 15.9. The van der Waals surface area contributed by atoms with E-state index in [1.807, 2.05) is 6.92 Å². The fraction of sp³-hybridized carbons (Fsp3) is 0.533. The van der Waals surface area contributed by atoms with Crippen molar-refractivity contribution in [2.45, 2.75) is 44.8 Å². The maximum absolute atomic E-state index is 12.0. The van der Waals surface area contributed by atoms with Crippen molar-refractivity contribution in [1.82, 2.24) is 5.32 Å². The molecule has 2 amide bonds. The Bertz CT molecular complexity index is 488. The summed E-state index contributed by atoms with van der Waals surface area (Å²) in [5.74, 6) is 0.482. The van der Waals surface area contributed by atoms with Crippen LogP contribution in [0, 0.1) is 0 Å². The summed E-state index contributed by atoms with van der Waals surface area (Å²) in [5, 5.41) is 15.6. The lowest BCUT2D eigenvalue weighted by Gasteiger charge is -2.26. The number of para-hydroxylation sites is 1. The fourth-order valence-electron chi connectivity index (χ4n) is 2.46. The summed E-state index contributed by atoms with van der Waals surface area (Å²) in [5.41, 5.74) is 0.553. The van der Waals surface area contributed by atoms with Gasteiger partial charge in [0.05, 0.1) is 23.4 Å². The van der Waals surface area contributed by atoms with Crippen molar-refractivity contribution >= 4 is 23.3 Å². The summed E-state index contributed by atoms with van der Waals surface area (Å²) >= 11 is 6.08. The van der Waals surface area contributed by atoms with Gasteiger partial charge in [0.2, 0.25) is 0 Å². The van der Waals surface area contributed by atoms with Crippen molar-refractivity contribution < 1.29 is 14.6 Å². The number of urea groups is 1. The number of aliphatic hydroxyl groups excluding tert-OH is 1. The Morgan fingerprint density at radius 2 is 2.10 bits per heavy atom. The Morgan fingerprint density at radius 1 is 1.38 bits per heavy atom. The third kappa shape index (κ3) is 4.51. The van der Waals surface area contributed by atoms with Gasteiger partial charge in [-0.3, -0.25) is 0 Å². The molecule has 3 N–H and O–H groups in total. The summed E-state index contributed by atoms with van der Waals surface area (Å²) in [6, 6.07) is 5.05. The van der Waals surface area contributed by atoms with Gasteiger partial charge >= 0.3 is 6.03 Å². The summed E-state index contributed by atoms with van der Waals surface area (Å²) in [6.07, 6.45) is 2.81. The molecule has 0 saturated heterocycles. The monoisotopic (exact) mass is 312 g/mol. The van der Waals surface area contributed by atoms with Crippen molar-refractivity contribution in [3.63, 3.8) is 0 Å². The topological polar surface area (TPSA) is 70.6 Å². The van der Waals surface area contributed by atoms with E-state index in [-0.39, 0.29) is 18.2 Å². The second kappa shape index (κ2) is 7.52. The normalized spacial score (nSPS) is 21.7. The van der Waals surface area contributed by atoms with Crippen LogP contribution in [-0.4, -0.2) is 29.9 Å². The van der Waals surface area contributed by atoms with E-state index < -0.39 is 0 Å². The highest BCUT2D eigenvalue weighted by Gasteiger charge is 2.21. The number of halogens is 1. The number of hydrogen-bond donors (Lipinski definition) is 3. The van der Waals surface area contributed by atoms with Crippen LogP contribution >= 0.6 is 11.6 Å². The SMILES string of the molecule is CCOc1c(Cl)cccc1NC(=O)NC1CCC(O)CC1. The lowest BCUT2D eigenvalue weighted by molar-refractivity contribution is 0.118. The third-order valence-electron chi connectivity index (χ3n) is 3.54. The quantitative estimate of drug-likeness (QED) is 0.799. The first-order chi connectivity index (χ1) is 10.1. The van der Waals surface area contributed by atoms with Crippen molar-refractivity contribution in [3.05, 3.63) is 23.2 Å². The Labute approximate surface area is 129 Å². The van der Waals surface area contributed by atoms with Gasteiger partial charge in [0, 0.05) is 6.04 Å². The zero-order chi connectivity index (χ0) is 15.2. The number of hydrogen-bond acceptors (Lipinski definition) is 3. The molecule has 1 aliphatic rings. The van der Waals surface area contributed by atoms with Gasteiger partial charge in [-0.15, -0.1) is 0 Å². The van der Waals surface area contributed by atoms with E-state index in [0.717, 1.165) is 25.7 Å². The van der Waals surface area contributed by atoms with Gasteiger partial charge < -0.3 is 20.5 Å². The van der Waals surface area contributed by atoms with Crippen molar-refractivity contribution in [1.29, 1.82) is 0 Å². The van der Waals surface area contributed by atoms with E-state index in [4.69, 9.17) is 16.3 Å². The van der Waals surface area contributed by atoms with Gasteiger partial charge in [0.1, 0.15) is 0 Å². The van der Waals surface area contributed by atoms with E-state index in [2.05, 4.69) is 10.6 Å². The molecule has 21 heavy (non-hydrogen) atoms. The number of aliphatic hydroxyl groups is 1. The van der Waals surface area contributed by atoms with Crippen LogP contribution in [0.25, 0.3) is 0 Å². The predicted molar refractivity (Wildman–Crippen MR) is 83.0 cm³/mol. The smallest absolute Gasteiger partial charge is 0.319 e. The molecule has 1 aliphatic carbocycles. The number of anilines is 1. The van der Waals surface area contributed by atoms with Crippen LogP contribution in [-0.2, 0) is 0 Å². The predicted octanol–water partition coefficient (Wildman–Crippen LogP) is 3.16. The van der Waals surface area contributed by atoms with Gasteiger partial charge in [-0.25, -0.2) is 4.79 Å². The number of benzene rings is 1. The molecule has 1 fully saturated rings. The van der Waals surface area contributed by atoms with Crippen LogP contribution in [0.15, 0.2) is 18.2 Å². The molecule has 1 aromatic rings. The van der Waals surface area contributed by atoms with Crippen LogP contribution in [0.5, 0.6) is 5.75 Å². The van der Waals surface area contributed by atoms with Crippen LogP contribution in [0.1, 0.15) is 32.6 Å². The molecule has 0 aromatic heterocycles. The summed E-state index contributed by atoms with van der Waals surface area (Å²) < 4.78 is 5.47. The minimum atomic E-state index is -0.278. The summed E-state index contributed by atoms with van der Waals surface area (Å²) in [4.78, 5) is 12.0. The molecule has 0 radical (unpaired) electrons. The summed E-state index contributed by atoms with van der Waals surface area (Å²) in [7, 11) is 0. The first-order valence-corrected chi connectivity index (χ1v) is 7.64. The molecule has 0 aliphatic heterocycles. The highest BCUT2D eigenvalue weighted by molar-refractivity contribution is 6.32. The van der Waals surface area contributed by atoms with E-state index in [1.165, 1.54) is 0 Å². The number of amides is 2. The van der Waals surface area contributed by atoms with E-state index in [0.29, 0.717) is 23.1 Å². The second-order valence-corrected chi connectivity index (χ2v) is 5.56. The average Bonchev–Trinajstić information content (AvgIpc) is 2.45. The molecular weight excluding hydrogens is 292 g/mol. The minimum Gasteiger partial charge on any atom is -0.490 e. The molecular formula is C15H21ClN2O3. The number of carbonyl (C=O) groups excluding carboxylic acids is 1. The minimum absolute atomic E-state index is 0.100. The highest BCUT2D eigenvalue weighted by atomic mass is 35.5. The number of rotatable bonds is 4. The standard InChI is InChI=1S/C15H21ClN2O3/c1-2-21-14-12(16)4-3-5-13(14)18-15(20)17-10-6-8-11(19)9-7-10/h3-5,10-11,19H,2,6-9H2,1H3,(H2,17,18,20). The molecule has 6 heteroatoms. The molecule has 0 unspecified atom stereocenters. The number of ether oxygens (including phenoxy) is 1. The van der Waals surface area contributed by atoms with Gasteiger partial charge in [-0.05, 0) is 44.7 Å². The Kier molecular flexibility index (Phi) is 5.70. The van der Waals surface area contributed by atoms with Gasteiger partial charge in [0.25, 0.3) is 0 Å². The second-order valence-electron chi connectivity index (χ2n) is 5.15. The molecule has 116 valence electrons. The van der Waals surface area contributed by atoms with E-state index >= 15 is 0 Å². The molecule has 2 rings (SSSR count). The van der Waals surface area contributed by atoms with E-state index in [1.54, 1.807) is 18.2 Å². The van der Waals surface area contributed by atoms with Gasteiger partial charge in [-0.1, -0.05) is 17.7 Å². The van der Waals surface area contributed by atoms with Crippen LogP contribution < -0.4 is 15.4 Å². The summed E-state index contributed by atoms with van der Waals surface area (Å²) in [6.45, 7) is 2.33. The molecule has 1 saturated carbocycles. The highest BCUT2D eigenvalue weighted by Crippen LogP contribution is 2.32. The van der Waals surface area contributed by atoms with E-state index in [9.17, 15) is 9.90 Å². The zero-order valence-corrected chi connectivity index (χ0v) is 12.8. The Balaban J connectivity index is 1.95. The maximum atomic E-state index is 12.0. The Hall–Kier alpha value is -1.46. The molecule has 0 atom stereocenters. The van der Waals surface area contributed by atoms with Crippen LogP contribution in [0.4, 0.5) is 10.5 Å². The fourth-order valence-corrected chi connectivity index (χ4v) is 2.69. The largest absolute Gasteiger partial charge is 0.490 e. The zero-order valence-electron chi connectivity index (χ0n) is 12.1. The third-order valence-corrected chi connectivity index (χ3v) is 3.83. The van der Waals surface area contributed by atoms with Crippen LogP contribution in [0.2, 0.25) is 5.02 Å². The van der Waals surface area contributed by atoms with Crippen molar-refractivity contribution in [3.8, 4) is 5.75 Å². The van der Waals surface area contributed by atoms with Gasteiger partial charge in [0.15, 0.2) is 5.75 Å². The maximum Gasteiger partial charge on any atom is 0.319 e. The lowest BCUT2D eigenvalue weighted by Crippen LogP contribution is -2.40. The molecule has 0 heterocycles. The average molecular weight is 313 g/mol. The van der Waals surface area contributed by atoms with Crippen molar-refractivity contribution in [2.24, 2.45) is 0 Å². The first-order valence-electron chi connectivity index (χ1n) is 7.27. The van der Waals surface area contributed by atoms with Crippen LogP contribution in [0.3, 0.4) is 0 Å². The molecule has 1 aromatic carbocycles. The lowest BCUT2D eigenvalue weighted by atomic mass is 9.93. The van der Waals surface area contributed by atoms with Crippen molar-refractivity contribution in [2.75, 3.05) is 11.9 Å². The number of carbonyl (C=O) groups is 1. The molecule has 0 spiro atoms. The molecule has 5 nitrogen and oxygen atoms in total.